The molecule has 4 rings (SSSR count). The van der Waals surface area contributed by atoms with Crippen LogP contribution in [0.2, 0.25) is 0 Å². The number of anilines is 1. The first-order valence-electron chi connectivity index (χ1n) is 12.4. The van der Waals surface area contributed by atoms with E-state index in [0.29, 0.717) is 38.4 Å². The molecular formula is C28H32N4O4. The van der Waals surface area contributed by atoms with Crippen LogP contribution in [0.3, 0.4) is 0 Å². The lowest BCUT2D eigenvalue weighted by Crippen LogP contribution is -2.40. The minimum Gasteiger partial charge on any atom is -0.466 e. The van der Waals surface area contributed by atoms with E-state index < -0.39 is 0 Å². The van der Waals surface area contributed by atoms with Gasteiger partial charge < -0.3 is 15.0 Å². The number of ether oxygens (including phenoxy) is 1. The van der Waals surface area contributed by atoms with Gasteiger partial charge in [0.1, 0.15) is 5.82 Å². The highest BCUT2D eigenvalue weighted by Crippen LogP contribution is 2.33. The lowest BCUT2D eigenvalue weighted by Gasteiger charge is -2.30. The number of esters is 1. The number of aromatic nitrogens is 2. The molecule has 8 nitrogen and oxygen atoms in total. The van der Waals surface area contributed by atoms with Gasteiger partial charge in [-0.1, -0.05) is 48.5 Å². The van der Waals surface area contributed by atoms with Crippen LogP contribution >= 0.6 is 0 Å². The third-order valence-electron chi connectivity index (χ3n) is 6.41. The Balaban J connectivity index is 1.43. The Labute approximate surface area is 211 Å². The zero-order valence-electron chi connectivity index (χ0n) is 20.8. The SMILES string of the molecule is CCOC(=O)C1CCN(C(=O)CCC(=O)Nc2c(-c3ccccc3)c(C)nn2-c2ccccc2)CC1. The van der Waals surface area contributed by atoms with E-state index in [4.69, 9.17) is 9.84 Å². The molecule has 0 atom stereocenters. The third kappa shape index (κ3) is 5.82. The Morgan fingerprint density at radius 1 is 0.972 bits per heavy atom. The standard InChI is InChI=1S/C28H32N4O4/c1-3-36-28(35)22-16-18-31(19-17-22)25(34)15-14-24(33)29-27-26(21-10-6-4-7-11-21)20(2)30-32(27)23-12-8-5-9-13-23/h4-13,22H,3,14-19H2,1-2H3,(H,29,33). The summed E-state index contributed by atoms with van der Waals surface area (Å²) in [5.74, 6) is -0.0983. The number of benzene rings is 2. The summed E-state index contributed by atoms with van der Waals surface area (Å²) in [7, 11) is 0. The Morgan fingerprint density at radius 2 is 1.61 bits per heavy atom. The quantitative estimate of drug-likeness (QED) is 0.476. The van der Waals surface area contributed by atoms with Gasteiger partial charge in [0.2, 0.25) is 11.8 Å². The Hall–Kier alpha value is -3.94. The van der Waals surface area contributed by atoms with E-state index in [1.807, 2.05) is 67.6 Å². The molecule has 0 bridgehead atoms. The normalized spacial score (nSPS) is 13.9. The average molecular weight is 489 g/mol. The second kappa shape index (κ2) is 11.7. The van der Waals surface area contributed by atoms with Crippen molar-refractivity contribution in [3.8, 4) is 16.8 Å². The maximum Gasteiger partial charge on any atom is 0.309 e. The number of rotatable bonds is 8. The number of para-hydroxylation sites is 1. The Morgan fingerprint density at radius 3 is 2.25 bits per heavy atom. The van der Waals surface area contributed by atoms with Crippen molar-refractivity contribution in [2.24, 2.45) is 5.92 Å². The number of hydrogen-bond donors (Lipinski definition) is 1. The summed E-state index contributed by atoms with van der Waals surface area (Å²) < 4.78 is 6.83. The Kier molecular flexibility index (Phi) is 8.15. The zero-order chi connectivity index (χ0) is 25.5. The lowest BCUT2D eigenvalue weighted by molar-refractivity contribution is -0.151. The number of carbonyl (C=O) groups excluding carboxylic acids is 3. The van der Waals surface area contributed by atoms with Gasteiger partial charge in [-0.2, -0.15) is 5.10 Å². The molecule has 0 spiro atoms. The summed E-state index contributed by atoms with van der Waals surface area (Å²) in [4.78, 5) is 39.4. The van der Waals surface area contributed by atoms with Crippen LogP contribution in [0, 0.1) is 12.8 Å². The highest BCUT2D eigenvalue weighted by Gasteiger charge is 2.28. The van der Waals surface area contributed by atoms with Crippen molar-refractivity contribution in [3.63, 3.8) is 0 Å². The van der Waals surface area contributed by atoms with E-state index in [0.717, 1.165) is 22.5 Å². The van der Waals surface area contributed by atoms with Gasteiger partial charge >= 0.3 is 5.97 Å². The summed E-state index contributed by atoms with van der Waals surface area (Å²) >= 11 is 0. The second-order valence-electron chi connectivity index (χ2n) is 8.88. The second-order valence-corrected chi connectivity index (χ2v) is 8.88. The van der Waals surface area contributed by atoms with Gasteiger partial charge in [0.25, 0.3) is 0 Å². The lowest BCUT2D eigenvalue weighted by atomic mass is 9.96. The molecule has 188 valence electrons. The van der Waals surface area contributed by atoms with Crippen LogP contribution in [0.4, 0.5) is 5.82 Å². The van der Waals surface area contributed by atoms with Gasteiger partial charge in [-0.05, 0) is 44.4 Å². The molecule has 1 saturated heterocycles. The van der Waals surface area contributed by atoms with Crippen LogP contribution < -0.4 is 5.32 Å². The van der Waals surface area contributed by atoms with Gasteiger partial charge in [-0.25, -0.2) is 4.68 Å². The highest BCUT2D eigenvalue weighted by atomic mass is 16.5. The molecule has 36 heavy (non-hydrogen) atoms. The molecule has 0 saturated carbocycles. The molecule has 3 aromatic rings. The van der Waals surface area contributed by atoms with Crippen LogP contribution in [0.5, 0.6) is 0 Å². The van der Waals surface area contributed by atoms with Gasteiger partial charge in [0, 0.05) is 31.5 Å². The maximum atomic E-state index is 13.0. The number of aryl methyl sites for hydroxylation is 1. The van der Waals surface area contributed by atoms with Gasteiger partial charge in [-0.15, -0.1) is 0 Å². The largest absolute Gasteiger partial charge is 0.466 e. The Bertz CT molecular complexity index is 1200. The predicted octanol–water partition coefficient (Wildman–Crippen LogP) is 4.37. The summed E-state index contributed by atoms with van der Waals surface area (Å²) in [6.07, 6.45) is 1.35. The van der Waals surface area contributed by atoms with Crippen LogP contribution in [-0.4, -0.2) is 52.2 Å². The molecule has 1 fully saturated rings. The molecule has 0 aliphatic carbocycles. The fourth-order valence-corrected chi connectivity index (χ4v) is 4.55. The average Bonchev–Trinajstić information content (AvgIpc) is 3.23. The summed E-state index contributed by atoms with van der Waals surface area (Å²) in [6.45, 7) is 5.07. The van der Waals surface area contributed by atoms with Crippen molar-refractivity contribution in [2.45, 2.75) is 39.5 Å². The van der Waals surface area contributed by atoms with Crippen molar-refractivity contribution in [1.29, 1.82) is 0 Å². The first kappa shape index (κ1) is 25.2. The fraction of sp³-hybridized carbons (Fsp3) is 0.357. The molecule has 1 aliphatic heterocycles. The van der Waals surface area contributed by atoms with Crippen molar-refractivity contribution in [3.05, 3.63) is 66.4 Å². The van der Waals surface area contributed by atoms with Crippen LogP contribution in [0.25, 0.3) is 16.8 Å². The third-order valence-corrected chi connectivity index (χ3v) is 6.41. The molecule has 2 amide bonds. The minimum atomic E-state index is -0.251. The van der Waals surface area contributed by atoms with E-state index in [-0.39, 0.29) is 36.5 Å². The first-order valence-corrected chi connectivity index (χ1v) is 12.4. The van der Waals surface area contributed by atoms with Crippen LogP contribution in [-0.2, 0) is 19.1 Å². The van der Waals surface area contributed by atoms with Crippen molar-refractivity contribution >= 4 is 23.6 Å². The predicted molar refractivity (Wildman–Crippen MR) is 138 cm³/mol. The van der Waals surface area contributed by atoms with Crippen LogP contribution in [0.1, 0.15) is 38.3 Å². The number of likely N-dealkylation sites (tertiary alicyclic amines) is 1. The monoisotopic (exact) mass is 488 g/mol. The summed E-state index contributed by atoms with van der Waals surface area (Å²) in [5.41, 5.74) is 3.42. The number of piperidine rings is 1. The highest BCUT2D eigenvalue weighted by molar-refractivity contribution is 5.97. The van der Waals surface area contributed by atoms with E-state index in [1.54, 1.807) is 16.5 Å². The smallest absolute Gasteiger partial charge is 0.309 e. The van der Waals surface area contributed by atoms with Crippen molar-refractivity contribution in [1.82, 2.24) is 14.7 Å². The topological polar surface area (TPSA) is 93.5 Å². The number of amides is 2. The maximum absolute atomic E-state index is 13.0. The van der Waals surface area contributed by atoms with Gasteiger partial charge in [0.15, 0.2) is 0 Å². The molecular weight excluding hydrogens is 456 g/mol. The number of carbonyl (C=O) groups is 3. The zero-order valence-corrected chi connectivity index (χ0v) is 20.8. The molecule has 2 heterocycles. The molecule has 0 unspecified atom stereocenters. The van der Waals surface area contributed by atoms with E-state index >= 15 is 0 Å². The molecule has 1 N–H and O–H groups in total. The van der Waals surface area contributed by atoms with E-state index in [2.05, 4.69) is 5.32 Å². The molecule has 0 radical (unpaired) electrons. The first-order chi connectivity index (χ1) is 17.5. The van der Waals surface area contributed by atoms with Gasteiger partial charge in [-0.3, -0.25) is 14.4 Å². The summed E-state index contributed by atoms with van der Waals surface area (Å²) in [5, 5.41) is 7.72. The van der Waals surface area contributed by atoms with E-state index in [9.17, 15) is 14.4 Å². The van der Waals surface area contributed by atoms with Crippen LogP contribution in [0.15, 0.2) is 60.7 Å². The van der Waals surface area contributed by atoms with Crippen molar-refractivity contribution < 1.29 is 19.1 Å². The number of nitrogens with one attached hydrogen (secondary N) is 1. The fourth-order valence-electron chi connectivity index (χ4n) is 4.55. The number of hydrogen-bond acceptors (Lipinski definition) is 5. The summed E-state index contributed by atoms with van der Waals surface area (Å²) in [6, 6.07) is 19.4. The molecule has 2 aromatic carbocycles. The molecule has 1 aliphatic rings. The number of nitrogens with zero attached hydrogens (tertiary/aromatic N) is 3. The van der Waals surface area contributed by atoms with E-state index in [1.165, 1.54) is 0 Å². The van der Waals surface area contributed by atoms with Gasteiger partial charge in [0.05, 0.1) is 23.9 Å². The minimum absolute atomic E-state index is 0.0594. The molecule has 8 heteroatoms. The van der Waals surface area contributed by atoms with Crippen molar-refractivity contribution in [2.75, 3.05) is 25.0 Å². The molecule has 1 aromatic heterocycles.